The number of benzene rings is 3. The zero-order valence-corrected chi connectivity index (χ0v) is 18.5. The smallest absolute Gasteiger partial charge is 0.279 e. The molecule has 1 N–H and O–H groups in total. The van der Waals surface area contributed by atoms with Crippen molar-refractivity contribution >= 4 is 21.4 Å². The maximum atomic E-state index is 13.5. The Morgan fingerprint density at radius 2 is 1.61 bits per heavy atom. The molecule has 0 amide bonds. The highest BCUT2D eigenvalue weighted by Crippen LogP contribution is 2.38. The fourth-order valence-electron chi connectivity index (χ4n) is 3.65. The van der Waals surface area contributed by atoms with Crippen molar-refractivity contribution in [3.63, 3.8) is 0 Å². The molecule has 1 atom stereocenters. The third kappa shape index (κ3) is 4.01. The Labute approximate surface area is 183 Å². The molecule has 3 aromatic rings. The molecule has 0 aliphatic carbocycles. The first-order valence-electron chi connectivity index (χ1n) is 10.0. The Morgan fingerprint density at radius 3 is 2.23 bits per heavy atom. The topological polar surface area (TPSA) is 73.2 Å². The lowest BCUT2D eigenvalue weighted by atomic mass is 9.98. The van der Waals surface area contributed by atoms with Crippen molar-refractivity contribution in [1.82, 2.24) is 4.41 Å². The van der Waals surface area contributed by atoms with E-state index in [1.54, 1.807) is 48.5 Å². The van der Waals surface area contributed by atoms with Gasteiger partial charge in [-0.1, -0.05) is 42.0 Å². The average molecular weight is 436 g/mol. The normalized spacial score (nSPS) is 16.3. The number of hydrazone groups is 1. The Hall–Kier alpha value is -3.32. The van der Waals surface area contributed by atoms with Crippen molar-refractivity contribution in [2.75, 3.05) is 19.0 Å². The van der Waals surface area contributed by atoms with Crippen molar-refractivity contribution in [1.29, 1.82) is 0 Å². The van der Waals surface area contributed by atoms with Gasteiger partial charge in [-0.15, -0.1) is 0 Å². The molecule has 1 aliphatic heterocycles. The number of aryl methyl sites for hydroxylation is 1. The van der Waals surface area contributed by atoms with E-state index in [4.69, 9.17) is 0 Å². The molecule has 1 heterocycles. The maximum Gasteiger partial charge on any atom is 0.279 e. The van der Waals surface area contributed by atoms with Gasteiger partial charge in [-0.2, -0.15) is 17.9 Å². The first kappa shape index (κ1) is 20.9. The van der Waals surface area contributed by atoms with E-state index in [9.17, 15) is 13.5 Å². The van der Waals surface area contributed by atoms with Crippen molar-refractivity contribution in [3.05, 3.63) is 89.5 Å². The minimum absolute atomic E-state index is 0.0811. The van der Waals surface area contributed by atoms with Crippen molar-refractivity contribution in [3.8, 4) is 5.75 Å². The molecule has 160 valence electrons. The van der Waals surface area contributed by atoms with Gasteiger partial charge in [-0.3, -0.25) is 0 Å². The molecular formula is C24H25N3O3S. The molecule has 0 spiro atoms. The molecule has 4 rings (SSSR count). The summed E-state index contributed by atoms with van der Waals surface area (Å²) in [5.74, 6) is 0.0811. The second-order valence-electron chi connectivity index (χ2n) is 7.86. The van der Waals surface area contributed by atoms with E-state index in [0.717, 1.165) is 16.8 Å². The number of sulfonamides is 1. The average Bonchev–Trinajstić information content (AvgIpc) is 3.20. The van der Waals surface area contributed by atoms with Crippen LogP contribution in [0, 0.1) is 6.92 Å². The lowest BCUT2D eigenvalue weighted by Gasteiger charge is -2.24. The number of phenolic OH excluding ortho intramolecular Hbond substituents is 1. The molecule has 0 aromatic heterocycles. The molecule has 6 nitrogen and oxygen atoms in total. The highest BCUT2D eigenvalue weighted by Gasteiger charge is 2.38. The highest BCUT2D eigenvalue weighted by atomic mass is 32.2. The van der Waals surface area contributed by atoms with Crippen LogP contribution in [0.25, 0.3) is 0 Å². The third-order valence-electron chi connectivity index (χ3n) is 5.45. The number of hydrogen-bond donors (Lipinski definition) is 1. The van der Waals surface area contributed by atoms with Gasteiger partial charge >= 0.3 is 0 Å². The summed E-state index contributed by atoms with van der Waals surface area (Å²) in [7, 11) is 0.0337. The fraction of sp³-hybridized carbons (Fsp3) is 0.208. The summed E-state index contributed by atoms with van der Waals surface area (Å²) < 4.78 is 28.2. The van der Waals surface area contributed by atoms with Crippen LogP contribution in [0.3, 0.4) is 0 Å². The maximum absolute atomic E-state index is 13.5. The number of nitrogens with zero attached hydrogens (tertiary/aromatic N) is 3. The van der Waals surface area contributed by atoms with Gasteiger partial charge in [0.15, 0.2) is 0 Å². The van der Waals surface area contributed by atoms with Crippen LogP contribution in [-0.2, 0) is 10.0 Å². The number of para-hydroxylation sites is 1. The molecule has 7 heteroatoms. The van der Waals surface area contributed by atoms with E-state index < -0.39 is 16.1 Å². The van der Waals surface area contributed by atoms with Gasteiger partial charge in [0, 0.05) is 31.8 Å². The summed E-state index contributed by atoms with van der Waals surface area (Å²) in [6.45, 7) is 1.91. The monoisotopic (exact) mass is 435 g/mol. The van der Waals surface area contributed by atoms with E-state index in [2.05, 4.69) is 5.10 Å². The summed E-state index contributed by atoms with van der Waals surface area (Å²) >= 11 is 0. The largest absolute Gasteiger partial charge is 0.507 e. The van der Waals surface area contributed by atoms with Gasteiger partial charge in [0.25, 0.3) is 10.0 Å². The SMILES string of the molecule is Cc1ccc(S(=O)(=O)N2N=C(c3ccccc3O)CC2c2ccc(N(C)C)cc2)cc1. The second-order valence-corrected chi connectivity index (χ2v) is 9.66. The Bertz CT molecular complexity index is 1220. The predicted molar refractivity (Wildman–Crippen MR) is 123 cm³/mol. The van der Waals surface area contributed by atoms with Gasteiger partial charge < -0.3 is 10.0 Å². The predicted octanol–water partition coefficient (Wildman–Crippen LogP) is 4.31. The molecule has 1 aliphatic rings. The van der Waals surface area contributed by atoms with E-state index in [0.29, 0.717) is 17.7 Å². The quantitative estimate of drug-likeness (QED) is 0.648. The van der Waals surface area contributed by atoms with Crippen molar-refractivity contribution < 1.29 is 13.5 Å². The zero-order chi connectivity index (χ0) is 22.2. The Morgan fingerprint density at radius 1 is 0.968 bits per heavy atom. The number of anilines is 1. The fourth-order valence-corrected chi connectivity index (χ4v) is 5.09. The van der Waals surface area contributed by atoms with Crippen LogP contribution >= 0.6 is 0 Å². The summed E-state index contributed by atoms with van der Waals surface area (Å²) in [5.41, 5.74) is 3.93. The zero-order valence-electron chi connectivity index (χ0n) is 17.7. The van der Waals surface area contributed by atoms with Crippen LogP contribution in [0.2, 0.25) is 0 Å². The molecule has 0 fully saturated rings. The van der Waals surface area contributed by atoms with Gasteiger partial charge in [-0.05, 0) is 48.9 Å². The molecule has 0 radical (unpaired) electrons. The second kappa shape index (κ2) is 8.07. The summed E-state index contributed by atoms with van der Waals surface area (Å²) in [6, 6.07) is 20.9. The third-order valence-corrected chi connectivity index (χ3v) is 7.14. The van der Waals surface area contributed by atoms with Crippen LogP contribution < -0.4 is 4.90 Å². The van der Waals surface area contributed by atoms with E-state index in [-0.39, 0.29) is 10.6 Å². The summed E-state index contributed by atoms with van der Waals surface area (Å²) in [5, 5.41) is 14.8. The van der Waals surface area contributed by atoms with Gasteiger partial charge in [0.05, 0.1) is 16.6 Å². The Balaban J connectivity index is 1.79. The lowest BCUT2D eigenvalue weighted by molar-refractivity contribution is 0.371. The van der Waals surface area contributed by atoms with Crippen molar-refractivity contribution in [2.45, 2.75) is 24.3 Å². The van der Waals surface area contributed by atoms with Crippen LogP contribution in [0.1, 0.15) is 29.2 Å². The molecule has 31 heavy (non-hydrogen) atoms. The van der Waals surface area contributed by atoms with Gasteiger partial charge in [0.1, 0.15) is 5.75 Å². The molecule has 0 saturated carbocycles. The minimum Gasteiger partial charge on any atom is -0.507 e. The summed E-state index contributed by atoms with van der Waals surface area (Å²) in [6.07, 6.45) is 0.365. The van der Waals surface area contributed by atoms with Crippen LogP contribution in [0.15, 0.2) is 82.8 Å². The molecule has 3 aromatic carbocycles. The molecule has 0 saturated heterocycles. The lowest BCUT2D eigenvalue weighted by Crippen LogP contribution is -2.27. The Kier molecular flexibility index (Phi) is 5.45. The van der Waals surface area contributed by atoms with Crippen LogP contribution in [0.4, 0.5) is 5.69 Å². The standard InChI is InChI=1S/C24H25N3O3S/c1-17-8-14-20(15-9-17)31(29,30)27-23(18-10-12-19(13-11-18)26(2)3)16-22(25-27)21-6-4-5-7-24(21)28/h4-15,23,28H,16H2,1-3H3. The van der Waals surface area contributed by atoms with Crippen LogP contribution in [-0.4, -0.2) is 37.7 Å². The van der Waals surface area contributed by atoms with E-state index in [1.165, 1.54) is 4.41 Å². The van der Waals surface area contributed by atoms with Crippen molar-refractivity contribution in [2.24, 2.45) is 5.10 Å². The number of phenols is 1. The minimum atomic E-state index is -3.88. The summed E-state index contributed by atoms with van der Waals surface area (Å²) in [4.78, 5) is 2.18. The number of rotatable bonds is 5. The highest BCUT2D eigenvalue weighted by molar-refractivity contribution is 7.89. The van der Waals surface area contributed by atoms with E-state index >= 15 is 0 Å². The van der Waals surface area contributed by atoms with Gasteiger partial charge in [-0.25, -0.2) is 0 Å². The first-order valence-corrected chi connectivity index (χ1v) is 11.5. The molecule has 0 bridgehead atoms. The van der Waals surface area contributed by atoms with Crippen LogP contribution in [0.5, 0.6) is 5.75 Å². The number of hydrogen-bond acceptors (Lipinski definition) is 5. The van der Waals surface area contributed by atoms with E-state index in [1.807, 2.05) is 50.2 Å². The molecular weight excluding hydrogens is 410 g/mol. The first-order chi connectivity index (χ1) is 14.8. The van der Waals surface area contributed by atoms with Gasteiger partial charge in [0.2, 0.25) is 0 Å². The number of aromatic hydroxyl groups is 1. The molecule has 1 unspecified atom stereocenters.